The summed E-state index contributed by atoms with van der Waals surface area (Å²) in [6.07, 6.45) is 15.2. The van der Waals surface area contributed by atoms with Gasteiger partial charge in [-0.2, -0.15) is 10.4 Å². The molecule has 0 N–H and O–H groups in total. The number of Topliss-reactive ketones (excluding diaryl/α,β-unsaturated/α-hetero) is 1. The van der Waals surface area contributed by atoms with Gasteiger partial charge in [-0.3, -0.25) is 9.48 Å². The van der Waals surface area contributed by atoms with Crippen molar-refractivity contribution < 1.29 is 4.79 Å². The molecule has 0 aromatic carbocycles. The number of carbonyl (C=O) groups excluding carboxylic acids is 1. The third kappa shape index (κ3) is 3.74. The van der Waals surface area contributed by atoms with Crippen molar-refractivity contribution in [1.82, 2.24) is 9.78 Å². The zero-order valence-electron chi connectivity index (χ0n) is 20.9. The van der Waals surface area contributed by atoms with Gasteiger partial charge in [-0.25, -0.2) is 0 Å². The number of nitriles is 1. The quantitative estimate of drug-likeness (QED) is 0.532. The molecule has 4 nitrogen and oxygen atoms in total. The van der Waals surface area contributed by atoms with Crippen LogP contribution in [-0.4, -0.2) is 15.6 Å². The number of aromatic nitrogens is 2. The van der Waals surface area contributed by atoms with Crippen LogP contribution in [0.1, 0.15) is 98.0 Å². The van der Waals surface area contributed by atoms with E-state index >= 15 is 0 Å². The third-order valence-corrected chi connectivity index (χ3v) is 10.4. The number of hydrogen-bond donors (Lipinski definition) is 0. The molecule has 0 amide bonds. The first-order valence-corrected chi connectivity index (χ1v) is 13.3. The standard InChI is InChI=1S/C26H37N3O.C2H6/c1-17-8-10-25(2)19(12-17)4-5-20-21-6-7-23(26(21,3)11-9-22(20)25)24(30)16-29-15-18(13-27)14-28-29;1-2/h14-15,17,19-23H,4-12,16H2,1-3H3;1-2H3. The summed E-state index contributed by atoms with van der Waals surface area (Å²) in [5, 5.41) is 13.3. The van der Waals surface area contributed by atoms with Gasteiger partial charge in [-0.1, -0.05) is 41.0 Å². The van der Waals surface area contributed by atoms with Crippen LogP contribution >= 0.6 is 0 Å². The fourth-order valence-electron chi connectivity index (χ4n) is 8.78. The van der Waals surface area contributed by atoms with Crippen LogP contribution in [0.25, 0.3) is 0 Å². The smallest absolute Gasteiger partial charge is 0.157 e. The zero-order chi connectivity index (χ0) is 23.1. The Hall–Kier alpha value is -1.63. The molecule has 4 heteroatoms. The highest BCUT2D eigenvalue weighted by atomic mass is 16.1. The van der Waals surface area contributed by atoms with Gasteiger partial charge in [0, 0.05) is 12.1 Å². The largest absolute Gasteiger partial charge is 0.297 e. The van der Waals surface area contributed by atoms with Crippen molar-refractivity contribution in [3.05, 3.63) is 18.0 Å². The molecule has 0 saturated heterocycles. The summed E-state index contributed by atoms with van der Waals surface area (Å²) in [6, 6.07) is 2.11. The Balaban J connectivity index is 0.00000119. The van der Waals surface area contributed by atoms with Crippen LogP contribution < -0.4 is 0 Å². The van der Waals surface area contributed by atoms with Crippen LogP contribution in [0.3, 0.4) is 0 Å². The van der Waals surface area contributed by atoms with Gasteiger partial charge in [0.1, 0.15) is 6.07 Å². The Kier molecular flexibility index (Phi) is 6.59. The molecule has 4 aliphatic carbocycles. The second kappa shape index (κ2) is 8.96. The van der Waals surface area contributed by atoms with Crippen molar-refractivity contribution in [2.45, 2.75) is 99.0 Å². The lowest BCUT2D eigenvalue weighted by molar-refractivity contribution is -0.137. The van der Waals surface area contributed by atoms with Gasteiger partial charge in [-0.05, 0) is 91.8 Å². The first-order valence-electron chi connectivity index (χ1n) is 13.3. The Morgan fingerprint density at radius 2 is 1.81 bits per heavy atom. The number of fused-ring (bicyclic) bond motifs is 5. The molecule has 0 bridgehead atoms. The van der Waals surface area contributed by atoms with Gasteiger partial charge in [0.05, 0.1) is 18.3 Å². The lowest BCUT2D eigenvalue weighted by Gasteiger charge is -2.61. The third-order valence-electron chi connectivity index (χ3n) is 10.4. The molecular formula is C28H43N3O. The average Bonchev–Trinajstić information content (AvgIpc) is 3.39. The van der Waals surface area contributed by atoms with Crippen LogP contribution in [0.15, 0.2) is 12.4 Å². The van der Waals surface area contributed by atoms with Crippen molar-refractivity contribution in [2.24, 2.45) is 46.3 Å². The van der Waals surface area contributed by atoms with Crippen molar-refractivity contribution in [2.75, 3.05) is 0 Å². The minimum atomic E-state index is 0.161. The molecular weight excluding hydrogens is 394 g/mol. The molecule has 1 aromatic heterocycles. The lowest BCUT2D eigenvalue weighted by Crippen LogP contribution is -2.53. The van der Waals surface area contributed by atoms with Crippen molar-refractivity contribution in [3.8, 4) is 6.07 Å². The molecule has 8 atom stereocenters. The molecule has 0 aliphatic heterocycles. The summed E-state index contributed by atoms with van der Waals surface area (Å²) in [6.45, 7) is 11.8. The Labute approximate surface area is 195 Å². The van der Waals surface area contributed by atoms with E-state index in [0.717, 1.165) is 36.0 Å². The maximum absolute atomic E-state index is 13.3. The molecule has 1 aromatic rings. The minimum Gasteiger partial charge on any atom is -0.297 e. The van der Waals surface area contributed by atoms with E-state index in [1.807, 2.05) is 13.8 Å². The van der Waals surface area contributed by atoms with Gasteiger partial charge in [0.2, 0.25) is 0 Å². The van der Waals surface area contributed by atoms with E-state index in [2.05, 4.69) is 31.9 Å². The molecule has 0 radical (unpaired) electrons. The molecule has 4 fully saturated rings. The monoisotopic (exact) mass is 437 g/mol. The number of nitrogens with zero attached hydrogens (tertiary/aromatic N) is 3. The van der Waals surface area contributed by atoms with Crippen LogP contribution in [0.4, 0.5) is 0 Å². The maximum atomic E-state index is 13.3. The fourth-order valence-corrected chi connectivity index (χ4v) is 8.78. The van der Waals surface area contributed by atoms with Crippen molar-refractivity contribution in [3.63, 3.8) is 0 Å². The predicted octanol–water partition coefficient (Wildman–Crippen LogP) is 6.65. The first kappa shape index (κ1) is 23.5. The van der Waals surface area contributed by atoms with E-state index in [-0.39, 0.29) is 11.3 Å². The molecule has 32 heavy (non-hydrogen) atoms. The number of ketones is 1. The average molecular weight is 438 g/mol. The highest BCUT2D eigenvalue weighted by Gasteiger charge is 2.60. The van der Waals surface area contributed by atoms with Crippen LogP contribution in [0, 0.1) is 57.7 Å². The molecule has 5 rings (SSSR count). The van der Waals surface area contributed by atoms with Crippen molar-refractivity contribution >= 4 is 5.78 Å². The second-order valence-electron chi connectivity index (χ2n) is 11.7. The van der Waals surface area contributed by atoms with Crippen LogP contribution in [0.5, 0.6) is 0 Å². The highest BCUT2D eigenvalue weighted by molar-refractivity contribution is 5.82. The predicted molar refractivity (Wildman–Crippen MR) is 128 cm³/mol. The molecule has 4 saturated carbocycles. The minimum absolute atomic E-state index is 0.161. The maximum Gasteiger partial charge on any atom is 0.157 e. The zero-order valence-corrected chi connectivity index (χ0v) is 20.9. The van der Waals surface area contributed by atoms with E-state index in [9.17, 15) is 4.79 Å². The van der Waals surface area contributed by atoms with Crippen LogP contribution in [0.2, 0.25) is 0 Å². The summed E-state index contributed by atoms with van der Waals surface area (Å²) in [5.74, 6) is 4.75. The Morgan fingerprint density at radius 3 is 2.53 bits per heavy atom. The fraction of sp³-hybridized carbons (Fsp3) is 0.821. The molecule has 4 aliphatic rings. The lowest BCUT2D eigenvalue weighted by atomic mass is 9.44. The summed E-state index contributed by atoms with van der Waals surface area (Å²) >= 11 is 0. The van der Waals surface area contributed by atoms with Gasteiger partial charge >= 0.3 is 0 Å². The summed E-state index contributed by atoms with van der Waals surface area (Å²) in [4.78, 5) is 13.3. The van der Waals surface area contributed by atoms with Gasteiger partial charge in [0.15, 0.2) is 5.78 Å². The normalized spacial score (nSPS) is 42.5. The number of rotatable bonds is 3. The van der Waals surface area contributed by atoms with E-state index in [1.165, 1.54) is 51.4 Å². The van der Waals surface area contributed by atoms with Crippen LogP contribution in [-0.2, 0) is 11.3 Å². The van der Waals surface area contributed by atoms with E-state index in [1.54, 1.807) is 17.1 Å². The number of carbonyl (C=O) groups is 1. The van der Waals surface area contributed by atoms with Crippen molar-refractivity contribution in [1.29, 1.82) is 5.26 Å². The molecule has 8 unspecified atom stereocenters. The topological polar surface area (TPSA) is 58.7 Å². The van der Waals surface area contributed by atoms with E-state index in [0.29, 0.717) is 23.3 Å². The van der Waals surface area contributed by atoms with Gasteiger partial charge in [-0.15, -0.1) is 0 Å². The first-order chi connectivity index (χ1) is 15.3. The Bertz CT molecular complexity index is 868. The molecule has 176 valence electrons. The highest BCUT2D eigenvalue weighted by Crippen LogP contribution is 2.67. The second-order valence-corrected chi connectivity index (χ2v) is 11.7. The molecule has 1 heterocycles. The summed E-state index contributed by atoms with van der Waals surface area (Å²) < 4.78 is 1.67. The van der Waals surface area contributed by atoms with Gasteiger partial charge < -0.3 is 0 Å². The summed E-state index contributed by atoms with van der Waals surface area (Å²) in [5.41, 5.74) is 1.24. The van der Waals surface area contributed by atoms with Gasteiger partial charge in [0.25, 0.3) is 0 Å². The van der Waals surface area contributed by atoms with E-state index in [4.69, 9.17) is 5.26 Å². The Morgan fingerprint density at radius 1 is 1.09 bits per heavy atom. The number of hydrogen-bond acceptors (Lipinski definition) is 3. The van der Waals surface area contributed by atoms with E-state index < -0.39 is 0 Å². The molecule has 0 spiro atoms. The summed E-state index contributed by atoms with van der Waals surface area (Å²) in [7, 11) is 0. The SMILES string of the molecule is CC.CC1CCC2(C)C(CCC3C2CCC2(C)C(C(=O)Cn4cc(C#N)cn4)CCC32)C1.